The molecule has 0 unspecified atom stereocenters. The Hall–Kier alpha value is -1.74. The van der Waals surface area contributed by atoms with Gasteiger partial charge in [-0.25, -0.2) is 17.2 Å². The summed E-state index contributed by atoms with van der Waals surface area (Å²) in [6.07, 6.45) is 0.415. The first kappa shape index (κ1) is 21.0. The zero-order valence-corrected chi connectivity index (χ0v) is 16.8. The minimum Gasteiger partial charge on any atom is -0.321 e. The molecule has 28 heavy (non-hydrogen) atoms. The third kappa shape index (κ3) is 4.30. The van der Waals surface area contributed by atoms with Crippen molar-refractivity contribution in [2.24, 2.45) is 5.92 Å². The number of carbonyl (C=O) groups is 1. The molecular weight excluding hydrogens is 433 g/mol. The molecule has 1 fully saturated rings. The number of halogens is 4. The summed E-state index contributed by atoms with van der Waals surface area (Å²) in [6.45, 7) is 0.145. The third-order valence-corrected chi connectivity index (χ3v) is 7.16. The van der Waals surface area contributed by atoms with E-state index in [1.807, 2.05) is 0 Å². The molecule has 150 valence electrons. The number of rotatable bonds is 4. The van der Waals surface area contributed by atoms with Crippen LogP contribution in [0.1, 0.15) is 12.8 Å². The Morgan fingerprint density at radius 1 is 1.07 bits per heavy atom. The maximum Gasteiger partial charge on any atom is 0.244 e. The van der Waals surface area contributed by atoms with Gasteiger partial charge in [-0.2, -0.15) is 4.31 Å². The predicted molar refractivity (Wildman–Crippen MR) is 103 cm³/mol. The number of amides is 1. The lowest BCUT2D eigenvalue weighted by atomic mass is 9.97. The molecule has 1 amide bonds. The molecule has 0 bridgehead atoms. The highest BCUT2D eigenvalue weighted by molar-refractivity contribution is 7.89. The number of para-hydroxylation sites is 1. The van der Waals surface area contributed by atoms with Crippen molar-refractivity contribution in [2.45, 2.75) is 17.7 Å². The normalized spacial score (nSPS) is 16.1. The lowest BCUT2D eigenvalue weighted by molar-refractivity contribution is -0.121. The number of anilines is 1. The Labute approximate surface area is 171 Å². The third-order valence-electron chi connectivity index (χ3n) is 4.55. The second-order valence-electron chi connectivity index (χ2n) is 6.34. The van der Waals surface area contributed by atoms with Gasteiger partial charge in [0.1, 0.15) is 22.2 Å². The molecule has 5 nitrogen and oxygen atoms in total. The molecule has 3 rings (SSSR count). The van der Waals surface area contributed by atoms with Crippen LogP contribution < -0.4 is 5.32 Å². The molecular formula is C18H16Cl2F2N2O3S. The van der Waals surface area contributed by atoms with Gasteiger partial charge in [-0.15, -0.1) is 0 Å². The lowest BCUT2D eigenvalue weighted by Crippen LogP contribution is -2.41. The largest absolute Gasteiger partial charge is 0.321 e. The van der Waals surface area contributed by atoms with Gasteiger partial charge in [0.2, 0.25) is 15.9 Å². The van der Waals surface area contributed by atoms with Gasteiger partial charge in [0.05, 0.1) is 5.02 Å². The van der Waals surface area contributed by atoms with Gasteiger partial charge in [-0.1, -0.05) is 29.3 Å². The average Bonchev–Trinajstić information content (AvgIpc) is 2.66. The van der Waals surface area contributed by atoms with E-state index in [4.69, 9.17) is 23.2 Å². The van der Waals surface area contributed by atoms with Crippen LogP contribution in [0.2, 0.25) is 10.0 Å². The Bertz CT molecular complexity index is 990. The van der Waals surface area contributed by atoms with Gasteiger partial charge >= 0.3 is 0 Å². The maximum absolute atomic E-state index is 13.7. The summed E-state index contributed by atoms with van der Waals surface area (Å²) < 4.78 is 54.2. The molecule has 2 aromatic carbocycles. The summed E-state index contributed by atoms with van der Waals surface area (Å²) in [6, 6.07) is 7.45. The van der Waals surface area contributed by atoms with Crippen LogP contribution in [0, 0.1) is 17.6 Å². The molecule has 1 heterocycles. The smallest absolute Gasteiger partial charge is 0.244 e. The molecule has 0 aliphatic carbocycles. The minimum absolute atomic E-state index is 0.0549. The number of piperidine rings is 1. The predicted octanol–water partition coefficient (Wildman–Crippen LogP) is 4.31. The summed E-state index contributed by atoms with van der Waals surface area (Å²) in [5.74, 6) is -2.87. The number of benzene rings is 2. The van der Waals surface area contributed by atoms with Crippen LogP contribution in [0.15, 0.2) is 41.3 Å². The van der Waals surface area contributed by atoms with E-state index in [2.05, 4.69) is 5.32 Å². The molecule has 0 atom stereocenters. The summed E-state index contributed by atoms with van der Waals surface area (Å²) in [4.78, 5) is 12.2. The van der Waals surface area contributed by atoms with Crippen molar-refractivity contribution in [2.75, 3.05) is 18.4 Å². The number of carbonyl (C=O) groups excluding carboxylic acids is 1. The molecule has 2 aromatic rings. The number of sulfonamides is 1. The van der Waals surface area contributed by atoms with Gasteiger partial charge in [-0.3, -0.25) is 4.79 Å². The van der Waals surface area contributed by atoms with Crippen LogP contribution in [-0.4, -0.2) is 31.7 Å². The van der Waals surface area contributed by atoms with Crippen LogP contribution in [0.4, 0.5) is 14.5 Å². The van der Waals surface area contributed by atoms with Gasteiger partial charge < -0.3 is 5.32 Å². The highest BCUT2D eigenvalue weighted by Crippen LogP contribution is 2.31. The minimum atomic E-state index is -3.87. The molecule has 0 aromatic heterocycles. The summed E-state index contributed by atoms with van der Waals surface area (Å²) in [7, 11) is -3.87. The Balaban J connectivity index is 1.69. The number of hydrogen-bond donors (Lipinski definition) is 1. The van der Waals surface area contributed by atoms with E-state index in [9.17, 15) is 22.0 Å². The zero-order chi connectivity index (χ0) is 20.5. The first-order valence-electron chi connectivity index (χ1n) is 8.40. The van der Waals surface area contributed by atoms with E-state index in [1.54, 1.807) is 0 Å². The highest BCUT2D eigenvalue weighted by atomic mass is 35.5. The summed E-state index contributed by atoms with van der Waals surface area (Å²) in [5, 5.41) is 2.55. The van der Waals surface area contributed by atoms with Crippen molar-refractivity contribution in [3.8, 4) is 0 Å². The quantitative estimate of drug-likeness (QED) is 0.757. The Kier molecular flexibility index (Phi) is 6.24. The number of nitrogens with zero attached hydrogens (tertiary/aromatic N) is 1. The van der Waals surface area contributed by atoms with Gasteiger partial charge in [-0.05, 0) is 43.2 Å². The highest BCUT2D eigenvalue weighted by Gasteiger charge is 2.33. The summed E-state index contributed by atoms with van der Waals surface area (Å²) >= 11 is 11.9. The maximum atomic E-state index is 13.7. The van der Waals surface area contributed by atoms with Crippen molar-refractivity contribution in [1.29, 1.82) is 0 Å². The average molecular weight is 449 g/mol. The first-order chi connectivity index (χ1) is 13.2. The van der Waals surface area contributed by atoms with Crippen LogP contribution >= 0.6 is 23.2 Å². The van der Waals surface area contributed by atoms with Crippen molar-refractivity contribution in [3.63, 3.8) is 0 Å². The second-order valence-corrected chi connectivity index (χ2v) is 9.09. The molecule has 0 radical (unpaired) electrons. The molecule has 0 saturated carbocycles. The molecule has 10 heteroatoms. The fourth-order valence-electron chi connectivity index (χ4n) is 3.01. The summed E-state index contributed by atoms with van der Waals surface area (Å²) in [5.41, 5.74) is -0.506. The number of nitrogens with one attached hydrogen (secondary N) is 1. The monoisotopic (exact) mass is 448 g/mol. The number of hydrogen-bond acceptors (Lipinski definition) is 3. The standard InChI is InChI=1S/C18H16Cl2F2N2O3S/c19-12-4-5-13(20)16(10-12)28(26,27)24-8-6-11(7-9-24)18(25)23-17-14(21)2-1-3-15(17)22/h1-5,10-11H,6-9H2,(H,23,25). The molecule has 1 saturated heterocycles. The molecule has 1 N–H and O–H groups in total. The van der Waals surface area contributed by atoms with Crippen LogP contribution in [-0.2, 0) is 14.8 Å². The first-order valence-corrected chi connectivity index (χ1v) is 10.6. The Morgan fingerprint density at radius 3 is 2.29 bits per heavy atom. The zero-order valence-electron chi connectivity index (χ0n) is 14.5. The fraction of sp³-hybridized carbons (Fsp3) is 0.278. The van der Waals surface area contributed by atoms with Crippen molar-refractivity contribution in [3.05, 3.63) is 58.1 Å². The molecule has 1 aliphatic heterocycles. The van der Waals surface area contributed by atoms with E-state index >= 15 is 0 Å². The van der Waals surface area contributed by atoms with Crippen molar-refractivity contribution < 1.29 is 22.0 Å². The van der Waals surface area contributed by atoms with E-state index in [0.29, 0.717) is 0 Å². The topological polar surface area (TPSA) is 66.5 Å². The van der Waals surface area contributed by atoms with E-state index < -0.39 is 39.2 Å². The Morgan fingerprint density at radius 2 is 1.68 bits per heavy atom. The van der Waals surface area contributed by atoms with E-state index in [-0.39, 0.29) is 40.9 Å². The van der Waals surface area contributed by atoms with Crippen LogP contribution in [0.3, 0.4) is 0 Å². The van der Waals surface area contributed by atoms with Crippen LogP contribution in [0.25, 0.3) is 0 Å². The van der Waals surface area contributed by atoms with E-state index in [0.717, 1.165) is 12.1 Å². The lowest BCUT2D eigenvalue weighted by Gasteiger charge is -2.30. The van der Waals surface area contributed by atoms with E-state index in [1.165, 1.54) is 28.6 Å². The molecule has 0 spiro atoms. The van der Waals surface area contributed by atoms with Crippen molar-refractivity contribution >= 4 is 44.8 Å². The fourth-order valence-corrected chi connectivity index (χ4v) is 5.22. The van der Waals surface area contributed by atoms with Crippen molar-refractivity contribution in [1.82, 2.24) is 4.31 Å². The molecule has 1 aliphatic rings. The van der Waals surface area contributed by atoms with Gasteiger partial charge in [0, 0.05) is 24.0 Å². The SMILES string of the molecule is O=C(Nc1c(F)cccc1F)C1CCN(S(=O)(=O)c2cc(Cl)ccc2Cl)CC1. The van der Waals surface area contributed by atoms with Gasteiger partial charge in [0.25, 0.3) is 0 Å². The van der Waals surface area contributed by atoms with Gasteiger partial charge in [0.15, 0.2) is 0 Å². The van der Waals surface area contributed by atoms with Crippen LogP contribution in [0.5, 0.6) is 0 Å². The second kappa shape index (κ2) is 8.32.